The number of carbonyl (C=O) groups excluding carboxylic acids is 1. The zero-order valence-electron chi connectivity index (χ0n) is 13.9. The van der Waals surface area contributed by atoms with Gasteiger partial charge in [-0.1, -0.05) is 43.9 Å². The lowest BCUT2D eigenvalue weighted by Gasteiger charge is -2.15. The van der Waals surface area contributed by atoms with Crippen molar-refractivity contribution >= 4 is 33.0 Å². The highest BCUT2D eigenvalue weighted by Gasteiger charge is 2.23. The number of rotatable bonds is 5. The summed E-state index contributed by atoms with van der Waals surface area (Å²) in [5.41, 5.74) is 0.682. The molecular weight excluding hydrogens is 356 g/mol. The van der Waals surface area contributed by atoms with Crippen molar-refractivity contribution in [2.75, 3.05) is 5.32 Å². The van der Waals surface area contributed by atoms with Crippen molar-refractivity contribution in [1.82, 2.24) is 4.72 Å². The van der Waals surface area contributed by atoms with Crippen LogP contribution >= 0.6 is 11.3 Å². The van der Waals surface area contributed by atoms with Gasteiger partial charge in [0.2, 0.25) is 10.0 Å². The molecule has 1 aliphatic carbocycles. The van der Waals surface area contributed by atoms with E-state index in [0.717, 1.165) is 37.0 Å². The van der Waals surface area contributed by atoms with Gasteiger partial charge in [-0.3, -0.25) is 4.79 Å². The fourth-order valence-corrected chi connectivity index (χ4v) is 5.45. The summed E-state index contributed by atoms with van der Waals surface area (Å²) in [5, 5.41) is 4.30. The molecule has 0 radical (unpaired) electrons. The van der Waals surface area contributed by atoms with Crippen LogP contribution in [0.15, 0.2) is 46.7 Å². The number of sulfonamides is 1. The minimum atomic E-state index is -3.58. The van der Waals surface area contributed by atoms with Crippen molar-refractivity contribution in [3.63, 3.8) is 0 Å². The number of thiophene rings is 1. The number of hydrogen-bond acceptors (Lipinski definition) is 4. The lowest BCUT2D eigenvalue weighted by atomic mass is 10.1. The molecule has 0 spiro atoms. The van der Waals surface area contributed by atoms with Gasteiger partial charge in [-0.25, -0.2) is 13.1 Å². The molecule has 1 aromatic carbocycles. The maximum atomic E-state index is 12.6. The Bertz CT molecular complexity index is 808. The van der Waals surface area contributed by atoms with Gasteiger partial charge in [0, 0.05) is 17.1 Å². The second-order valence-corrected chi connectivity index (χ2v) is 8.90. The van der Waals surface area contributed by atoms with Gasteiger partial charge in [0.25, 0.3) is 5.91 Å². The quantitative estimate of drug-likeness (QED) is 0.772. The fraction of sp³-hybridized carbons (Fsp3) is 0.389. The third-order valence-corrected chi connectivity index (χ3v) is 6.90. The topological polar surface area (TPSA) is 75.3 Å². The van der Waals surface area contributed by atoms with Crippen molar-refractivity contribution in [3.8, 4) is 0 Å². The minimum Gasteiger partial charge on any atom is -0.321 e. The second-order valence-electron chi connectivity index (χ2n) is 6.28. The molecule has 0 bridgehead atoms. The summed E-state index contributed by atoms with van der Waals surface area (Å²) in [5.74, 6) is -0.299. The smallest absolute Gasteiger partial charge is 0.265 e. The molecule has 1 fully saturated rings. The molecule has 2 N–H and O–H groups in total. The average Bonchev–Trinajstić information content (AvgIpc) is 2.97. The van der Waals surface area contributed by atoms with Gasteiger partial charge in [-0.05, 0) is 31.0 Å². The first kappa shape index (κ1) is 18.1. The van der Waals surface area contributed by atoms with Crippen molar-refractivity contribution < 1.29 is 13.2 Å². The molecule has 1 aromatic heterocycles. The SMILES string of the molecule is O=C(Nc1ccccc1)c1cc(S(=O)(=O)NC2CCCCCC2)cs1. The molecule has 1 saturated carbocycles. The first-order valence-corrected chi connectivity index (χ1v) is 10.9. The van der Waals surface area contributed by atoms with Gasteiger partial charge in [0.15, 0.2) is 0 Å². The van der Waals surface area contributed by atoms with Crippen molar-refractivity contribution in [2.24, 2.45) is 0 Å². The van der Waals surface area contributed by atoms with Crippen LogP contribution < -0.4 is 10.0 Å². The average molecular weight is 379 g/mol. The van der Waals surface area contributed by atoms with Crippen molar-refractivity contribution in [3.05, 3.63) is 46.7 Å². The van der Waals surface area contributed by atoms with Crippen LogP contribution in [0.25, 0.3) is 0 Å². The number of hydrogen-bond donors (Lipinski definition) is 2. The third-order valence-electron chi connectivity index (χ3n) is 4.32. The van der Waals surface area contributed by atoms with E-state index in [2.05, 4.69) is 10.0 Å². The van der Waals surface area contributed by atoms with Crippen LogP contribution in [0.5, 0.6) is 0 Å². The number of amides is 1. The van der Waals surface area contributed by atoms with Gasteiger partial charge >= 0.3 is 0 Å². The van der Waals surface area contributed by atoms with E-state index < -0.39 is 10.0 Å². The van der Waals surface area contributed by atoms with E-state index in [0.29, 0.717) is 10.6 Å². The molecule has 0 unspecified atom stereocenters. The maximum absolute atomic E-state index is 12.6. The minimum absolute atomic E-state index is 0.00556. The molecule has 7 heteroatoms. The molecule has 134 valence electrons. The summed E-state index contributed by atoms with van der Waals surface area (Å²) in [6, 6.07) is 10.5. The van der Waals surface area contributed by atoms with Crippen LogP contribution in [-0.4, -0.2) is 20.4 Å². The van der Waals surface area contributed by atoms with E-state index in [4.69, 9.17) is 0 Å². The van der Waals surface area contributed by atoms with E-state index in [1.165, 1.54) is 24.3 Å². The Kier molecular flexibility index (Phi) is 5.88. The Morgan fingerprint density at radius 3 is 2.40 bits per heavy atom. The number of anilines is 1. The highest BCUT2D eigenvalue weighted by Crippen LogP contribution is 2.23. The van der Waals surface area contributed by atoms with Crippen LogP contribution in [-0.2, 0) is 10.0 Å². The molecule has 0 saturated heterocycles. The third kappa shape index (κ3) is 4.90. The first-order chi connectivity index (χ1) is 12.0. The molecule has 0 atom stereocenters. The van der Waals surface area contributed by atoms with E-state index in [1.54, 1.807) is 12.1 Å². The molecular formula is C18H22N2O3S2. The monoisotopic (exact) mass is 378 g/mol. The molecule has 1 aliphatic rings. The second kappa shape index (κ2) is 8.12. The van der Waals surface area contributed by atoms with Crippen molar-refractivity contribution in [2.45, 2.75) is 49.5 Å². The normalized spacial score (nSPS) is 16.3. The summed E-state index contributed by atoms with van der Waals surface area (Å²) in [7, 11) is -3.58. The summed E-state index contributed by atoms with van der Waals surface area (Å²) in [6.07, 6.45) is 6.21. The molecule has 25 heavy (non-hydrogen) atoms. The van der Waals surface area contributed by atoms with Gasteiger partial charge in [0.1, 0.15) is 0 Å². The van der Waals surface area contributed by atoms with E-state index in [9.17, 15) is 13.2 Å². The van der Waals surface area contributed by atoms with Gasteiger partial charge in [-0.15, -0.1) is 11.3 Å². The van der Waals surface area contributed by atoms with E-state index in [1.807, 2.05) is 18.2 Å². The van der Waals surface area contributed by atoms with Crippen LogP contribution in [0.4, 0.5) is 5.69 Å². The highest BCUT2D eigenvalue weighted by molar-refractivity contribution is 7.89. The van der Waals surface area contributed by atoms with Gasteiger partial charge in [-0.2, -0.15) is 0 Å². The van der Waals surface area contributed by atoms with Gasteiger partial charge in [0.05, 0.1) is 9.77 Å². The number of benzene rings is 1. The summed E-state index contributed by atoms with van der Waals surface area (Å²) in [6.45, 7) is 0. The van der Waals surface area contributed by atoms with Crippen LogP contribution in [0.1, 0.15) is 48.2 Å². The number of carbonyl (C=O) groups is 1. The Morgan fingerprint density at radius 2 is 1.72 bits per heavy atom. The predicted molar refractivity (Wildman–Crippen MR) is 101 cm³/mol. The lowest BCUT2D eigenvalue weighted by Crippen LogP contribution is -2.34. The Labute approximate surface area is 152 Å². The fourth-order valence-electron chi connectivity index (χ4n) is 2.98. The zero-order valence-corrected chi connectivity index (χ0v) is 15.5. The van der Waals surface area contributed by atoms with Crippen molar-refractivity contribution in [1.29, 1.82) is 0 Å². The van der Waals surface area contributed by atoms with E-state index >= 15 is 0 Å². The number of para-hydroxylation sites is 1. The molecule has 1 heterocycles. The molecule has 2 aromatic rings. The Hall–Kier alpha value is -1.70. The van der Waals surface area contributed by atoms with Crippen LogP contribution in [0.3, 0.4) is 0 Å². The maximum Gasteiger partial charge on any atom is 0.265 e. The molecule has 5 nitrogen and oxygen atoms in total. The van der Waals surface area contributed by atoms with E-state index in [-0.39, 0.29) is 16.8 Å². The van der Waals surface area contributed by atoms with Crippen LogP contribution in [0, 0.1) is 0 Å². The standard InChI is InChI=1S/C18H22N2O3S2/c21-18(19-14-8-6-3-7-9-14)17-12-16(13-24-17)25(22,23)20-15-10-4-1-2-5-11-15/h3,6-9,12-13,15,20H,1-2,4-5,10-11H2,(H,19,21). The Morgan fingerprint density at radius 1 is 1.04 bits per heavy atom. The summed E-state index contributed by atoms with van der Waals surface area (Å²) in [4.78, 5) is 12.8. The number of nitrogens with one attached hydrogen (secondary N) is 2. The lowest BCUT2D eigenvalue weighted by molar-refractivity contribution is 0.103. The molecule has 1 amide bonds. The first-order valence-electron chi connectivity index (χ1n) is 8.52. The Balaban J connectivity index is 1.68. The molecule has 3 rings (SSSR count). The van der Waals surface area contributed by atoms with Gasteiger partial charge < -0.3 is 5.32 Å². The predicted octanol–water partition coefficient (Wildman–Crippen LogP) is 4.00. The van der Waals surface area contributed by atoms with Crippen LogP contribution in [0.2, 0.25) is 0 Å². The summed E-state index contributed by atoms with van der Waals surface area (Å²) >= 11 is 1.14. The zero-order chi connectivity index (χ0) is 17.7. The molecule has 0 aliphatic heterocycles. The summed E-state index contributed by atoms with van der Waals surface area (Å²) < 4.78 is 27.9. The highest BCUT2D eigenvalue weighted by atomic mass is 32.2. The largest absolute Gasteiger partial charge is 0.321 e.